The van der Waals surface area contributed by atoms with Crippen molar-refractivity contribution < 1.29 is 4.79 Å². The second-order valence-corrected chi connectivity index (χ2v) is 6.05. The molecule has 0 fully saturated rings. The summed E-state index contributed by atoms with van der Waals surface area (Å²) >= 11 is 1.46. The maximum atomic E-state index is 12.3. The predicted octanol–water partition coefficient (Wildman–Crippen LogP) is 1.46. The largest absolute Gasteiger partial charge is 0.349 e. The van der Waals surface area contributed by atoms with E-state index in [-0.39, 0.29) is 17.9 Å². The first kappa shape index (κ1) is 16.0. The Bertz CT molecular complexity index is 891. The fourth-order valence-electron chi connectivity index (χ4n) is 2.18. The Morgan fingerprint density at radius 2 is 2.17 bits per heavy atom. The fourth-order valence-corrected chi connectivity index (χ4v) is 2.74. The maximum Gasteiger partial charge on any atom is 0.255 e. The molecule has 1 amide bonds. The standard InChI is InChI=1S/C16H15N5O2S/c1-10-11(8-13(22)19-9-14-18-6-7-24-14)16(23)21-15(20-10)12-4-2-3-5-17-12/h2-7H,8-9H2,1H3,(H,19,22)(H,20,21,23). The number of hydrogen-bond donors (Lipinski definition) is 2. The van der Waals surface area contributed by atoms with Gasteiger partial charge in [-0.05, 0) is 19.1 Å². The van der Waals surface area contributed by atoms with E-state index in [1.54, 1.807) is 31.5 Å². The summed E-state index contributed by atoms with van der Waals surface area (Å²) in [6.07, 6.45) is 3.29. The number of H-pyrrole nitrogens is 1. The molecule has 0 radical (unpaired) electrons. The summed E-state index contributed by atoms with van der Waals surface area (Å²) in [5, 5.41) is 5.41. The van der Waals surface area contributed by atoms with Crippen molar-refractivity contribution in [1.29, 1.82) is 0 Å². The summed E-state index contributed by atoms with van der Waals surface area (Å²) < 4.78 is 0. The molecule has 0 unspecified atom stereocenters. The van der Waals surface area contributed by atoms with Gasteiger partial charge in [-0.3, -0.25) is 14.6 Å². The lowest BCUT2D eigenvalue weighted by molar-refractivity contribution is -0.120. The topological polar surface area (TPSA) is 101 Å². The fraction of sp³-hybridized carbons (Fsp3) is 0.188. The number of nitrogens with zero attached hydrogens (tertiary/aromatic N) is 3. The molecule has 3 aromatic rings. The zero-order chi connectivity index (χ0) is 16.9. The average molecular weight is 341 g/mol. The first-order valence-corrected chi connectivity index (χ1v) is 8.17. The molecule has 3 rings (SSSR count). The van der Waals surface area contributed by atoms with Gasteiger partial charge in [0.2, 0.25) is 5.91 Å². The third kappa shape index (κ3) is 3.72. The van der Waals surface area contributed by atoms with Crippen LogP contribution in [0, 0.1) is 6.92 Å². The van der Waals surface area contributed by atoms with Gasteiger partial charge in [-0.2, -0.15) is 0 Å². The van der Waals surface area contributed by atoms with Crippen LogP contribution in [0.1, 0.15) is 16.3 Å². The summed E-state index contributed by atoms with van der Waals surface area (Å²) in [5.41, 5.74) is 1.13. The van der Waals surface area contributed by atoms with Gasteiger partial charge >= 0.3 is 0 Å². The van der Waals surface area contributed by atoms with E-state index in [2.05, 4.69) is 25.3 Å². The molecule has 24 heavy (non-hydrogen) atoms. The third-order valence-electron chi connectivity index (χ3n) is 3.39. The maximum absolute atomic E-state index is 12.3. The van der Waals surface area contributed by atoms with Crippen molar-refractivity contribution in [2.24, 2.45) is 0 Å². The quantitative estimate of drug-likeness (QED) is 0.731. The minimum absolute atomic E-state index is 0.0258. The van der Waals surface area contributed by atoms with Gasteiger partial charge in [-0.15, -0.1) is 11.3 Å². The smallest absolute Gasteiger partial charge is 0.255 e. The molecule has 7 nitrogen and oxygen atoms in total. The van der Waals surface area contributed by atoms with Gasteiger partial charge in [-0.1, -0.05) is 6.07 Å². The van der Waals surface area contributed by atoms with E-state index >= 15 is 0 Å². The Kier molecular flexibility index (Phi) is 4.76. The number of aryl methyl sites for hydroxylation is 1. The minimum atomic E-state index is -0.326. The number of amides is 1. The zero-order valence-electron chi connectivity index (χ0n) is 12.9. The van der Waals surface area contributed by atoms with Crippen molar-refractivity contribution in [3.8, 4) is 11.5 Å². The summed E-state index contributed by atoms with van der Waals surface area (Å²) in [4.78, 5) is 39.6. The van der Waals surface area contributed by atoms with Crippen LogP contribution in [0.2, 0.25) is 0 Å². The van der Waals surface area contributed by atoms with Crippen LogP contribution in [0.3, 0.4) is 0 Å². The Morgan fingerprint density at radius 3 is 2.83 bits per heavy atom. The van der Waals surface area contributed by atoms with Crippen LogP contribution in [0.4, 0.5) is 0 Å². The van der Waals surface area contributed by atoms with E-state index in [9.17, 15) is 9.59 Å². The lowest BCUT2D eigenvalue weighted by Gasteiger charge is -2.07. The van der Waals surface area contributed by atoms with E-state index in [1.807, 2.05) is 11.4 Å². The van der Waals surface area contributed by atoms with Crippen LogP contribution in [0.5, 0.6) is 0 Å². The molecule has 0 aromatic carbocycles. The molecule has 0 bridgehead atoms. The number of nitrogens with one attached hydrogen (secondary N) is 2. The third-order valence-corrected chi connectivity index (χ3v) is 4.17. The Labute approximate surface area is 141 Å². The number of rotatable bonds is 5. The number of carbonyl (C=O) groups excluding carboxylic acids is 1. The van der Waals surface area contributed by atoms with Gasteiger partial charge in [0.1, 0.15) is 10.7 Å². The van der Waals surface area contributed by atoms with Crippen molar-refractivity contribution in [2.75, 3.05) is 0 Å². The van der Waals surface area contributed by atoms with E-state index < -0.39 is 0 Å². The second kappa shape index (κ2) is 7.14. The minimum Gasteiger partial charge on any atom is -0.349 e. The van der Waals surface area contributed by atoms with E-state index in [1.165, 1.54) is 11.3 Å². The van der Waals surface area contributed by atoms with Crippen molar-refractivity contribution in [1.82, 2.24) is 25.3 Å². The van der Waals surface area contributed by atoms with E-state index in [4.69, 9.17) is 0 Å². The molecule has 0 saturated carbocycles. The van der Waals surface area contributed by atoms with Crippen LogP contribution in [0.25, 0.3) is 11.5 Å². The summed E-state index contributed by atoms with van der Waals surface area (Å²) in [6.45, 7) is 2.07. The first-order chi connectivity index (χ1) is 11.6. The Morgan fingerprint density at radius 1 is 1.29 bits per heavy atom. The van der Waals surface area contributed by atoms with Gasteiger partial charge in [0.15, 0.2) is 5.82 Å². The average Bonchev–Trinajstić information content (AvgIpc) is 3.10. The van der Waals surface area contributed by atoms with Gasteiger partial charge in [0, 0.05) is 29.0 Å². The zero-order valence-corrected chi connectivity index (χ0v) is 13.8. The molecule has 3 aromatic heterocycles. The number of aromatic amines is 1. The van der Waals surface area contributed by atoms with Gasteiger partial charge in [0.25, 0.3) is 5.56 Å². The number of aromatic nitrogens is 4. The summed E-state index contributed by atoms with van der Waals surface area (Å²) in [6, 6.07) is 5.37. The Hall–Kier alpha value is -2.87. The molecule has 0 aliphatic carbocycles. The molecule has 0 spiro atoms. The van der Waals surface area contributed by atoms with Gasteiger partial charge < -0.3 is 10.3 Å². The highest BCUT2D eigenvalue weighted by molar-refractivity contribution is 7.09. The Balaban J connectivity index is 1.74. The van der Waals surface area contributed by atoms with Crippen molar-refractivity contribution in [2.45, 2.75) is 19.9 Å². The molecule has 0 aliphatic heterocycles. The molecule has 0 atom stereocenters. The number of pyridine rings is 1. The van der Waals surface area contributed by atoms with Crippen molar-refractivity contribution in [3.63, 3.8) is 0 Å². The summed E-state index contributed by atoms with van der Waals surface area (Å²) in [5.74, 6) is 0.149. The molecular formula is C16H15N5O2S. The van der Waals surface area contributed by atoms with E-state index in [0.717, 1.165) is 5.01 Å². The van der Waals surface area contributed by atoms with E-state index in [0.29, 0.717) is 29.3 Å². The molecule has 0 aliphatic rings. The van der Waals surface area contributed by atoms with Gasteiger partial charge in [-0.25, -0.2) is 9.97 Å². The monoisotopic (exact) mass is 341 g/mol. The highest BCUT2D eigenvalue weighted by Crippen LogP contribution is 2.11. The lowest BCUT2D eigenvalue weighted by atomic mass is 10.1. The normalized spacial score (nSPS) is 10.5. The summed E-state index contributed by atoms with van der Waals surface area (Å²) in [7, 11) is 0. The number of thiazole rings is 1. The predicted molar refractivity (Wildman–Crippen MR) is 90.5 cm³/mol. The van der Waals surface area contributed by atoms with Crippen LogP contribution < -0.4 is 10.9 Å². The van der Waals surface area contributed by atoms with Crippen LogP contribution in [0.15, 0.2) is 40.8 Å². The van der Waals surface area contributed by atoms with Gasteiger partial charge in [0.05, 0.1) is 13.0 Å². The molecular weight excluding hydrogens is 326 g/mol. The van der Waals surface area contributed by atoms with Crippen LogP contribution in [-0.2, 0) is 17.8 Å². The highest BCUT2D eigenvalue weighted by atomic mass is 32.1. The highest BCUT2D eigenvalue weighted by Gasteiger charge is 2.14. The van der Waals surface area contributed by atoms with Crippen molar-refractivity contribution >= 4 is 17.2 Å². The second-order valence-electron chi connectivity index (χ2n) is 5.07. The molecule has 2 N–H and O–H groups in total. The molecule has 3 heterocycles. The van der Waals surface area contributed by atoms with Crippen molar-refractivity contribution in [3.05, 3.63) is 62.6 Å². The lowest BCUT2D eigenvalue weighted by Crippen LogP contribution is -2.28. The number of hydrogen-bond acceptors (Lipinski definition) is 6. The SMILES string of the molecule is Cc1nc(-c2ccccn2)[nH]c(=O)c1CC(=O)NCc1nccs1. The molecule has 0 saturated heterocycles. The van der Waals surface area contributed by atoms with Crippen LogP contribution in [-0.4, -0.2) is 25.8 Å². The molecule has 122 valence electrons. The molecule has 8 heteroatoms. The van der Waals surface area contributed by atoms with Crippen LogP contribution >= 0.6 is 11.3 Å². The number of carbonyl (C=O) groups is 1. The first-order valence-electron chi connectivity index (χ1n) is 7.30.